The molecule has 6 nitrogen and oxygen atoms in total. The Morgan fingerprint density at radius 2 is 1.82 bits per heavy atom. The quantitative estimate of drug-likeness (QED) is 0.498. The van der Waals surface area contributed by atoms with Gasteiger partial charge in [-0.3, -0.25) is 0 Å². The van der Waals surface area contributed by atoms with Gasteiger partial charge in [0.25, 0.3) is 0 Å². The summed E-state index contributed by atoms with van der Waals surface area (Å²) in [4.78, 5) is 8.93. The highest BCUT2D eigenvalue weighted by Crippen LogP contribution is 2.26. The van der Waals surface area contributed by atoms with Crippen LogP contribution < -0.4 is 10.1 Å². The zero-order valence-corrected chi connectivity index (χ0v) is 15.8. The number of halogens is 1. The lowest BCUT2D eigenvalue weighted by Crippen LogP contribution is -2.02. The standard InChI is InChI=1S/C21H16ClN5O/c1-28-17-8-4-15(5-9-17)13-27-11-10-18-19(27)20(22)26-21(25-18)24-16-6-2-14(12-23)3-7-16/h2-11H,13H2,1H3,(H,24,25,26). The Morgan fingerprint density at radius 1 is 1.07 bits per heavy atom. The van der Waals surface area contributed by atoms with Crippen LogP contribution in [0, 0.1) is 11.3 Å². The molecule has 2 aromatic carbocycles. The normalized spacial score (nSPS) is 10.6. The summed E-state index contributed by atoms with van der Waals surface area (Å²) < 4.78 is 7.22. The molecular formula is C21H16ClN5O. The van der Waals surface area contributed by atoms with Gasteiger partial charge < -0.3 is 14.6 Å². The first-order valence-corrected chi connectivity index (χ1v) is 8.96. The first-order chi connectivity index (χ1) is 13.7. The number of hydrogen-bond donors (Lipinski definition) is 1. The molecule has 7 heteroatoms. The molecule has 0 fully saturated rings. The first kappa shape index (κ1) is 17.8. The Morgan fingerprint density at radius 3 is 2.50 bits per heavy atom. The topological polar surface area (TPSA) is 75.8 Å². The second-order valence-corrected chi connectivity index (χ2v) is 6.54. The number of ether oxygens (including phenoxy) is 1. The van der Waals surface area contributed by atoms with Crippen molar-refractivity contribution in [3.05, 3.63) is 77.1 Å². The second kappa shape index (κ2) is 7.59. The van der Waals surface area contributed by atoms with Crippen molar-refractivity contribution in [2.75, 3.05) is 12.4 Å². The number of nitrogens with zero attached hydrogens (tertiary/aromatic N) is 4. The number of benzene rings is 2. The Kier molecular flexibility index (Phi) is 4.83. The number of aromatic nitrogens is 3. The number of nitriles is 1. The molecule has 0 aliphatic carbocycles. The van der Waals surface area contributed by atoms with Gasteiger partial charge in [-0.15, -0.1) is 0 Å². The van der Waals surface area contributed by atoms with Gasteiger partial charge in [-0.25, -0.2) is 4.98 Å². The van der Waals surface area contributed by atoms with Gasteiger partial charge in [0, 0.05) is 18.4 Å². The third-order valence-electron chi connectivity index (χ3n) is 4.35. The number of nitrogens with one attached hydrogen (secondary N) is 1. The molecule has 0 aliphatic heterocycles. The van der Waals surface area contributed by atoms with Crippen molar-refractivity contribution in [3.63, 3.8) is 0 Å². The molecule has 1 N–H and O–H groups in total. The van der Waals surface area contributed by atoms with E-state index in [1.807, 2.05) is 41.1 Å². The molecule has 2 heterocycles. The summed E-state index contributed by atoms with van der Waals surface area (Å²) in [6.07, 6.45) is 1.95. The maximum atomic E-state index is 8.89. The van der Waals surface area contributed by atoms with E-state index in [0.717, 1.165) is 28.0 Å². The summed E-state index contributed by atoms with van der Waals surface area (Å²) >= 11 is 6.46. The monoisotopic (exact) mass is 389 g/mol. The van der Waals surface area contributed by atoms with Crippen molar-refractivity contribution < 1.29 is 4.74 Å². The molecule has 0 saturated carbocycles. The van der Waals surface area contributed by atoms with Gasteiger partial charge in [-0.2, -0.15) is 10.2 Å². The fourth-order valence-corrected chi connectivity index (χ4v) is 3.22. The van der Waals surface area contributed by atoms with E-state index in [-0.39, 0.29) is 0 Å². The number of hydrogen-bond acceptors (Lipinski definition) is 5. The van der Waals surface area contributed by atoms with E-state index < -0.39 is 0 Å². The van der Waals surface area contributed by atoms with Gasteiger partial charge in [0.15, 0.2) is 5.15 Å². The van der Waals surface area contributed by atoms with Crippen LogP contribution in [0.1, 0.15) is 11.1 Å². The molecule has 0 saturated heterocycles. The number of anilines is 2. The molecule has 0 amide bonds. The van der Waals surface area contributed by atoms with Gasteiger partial charge in [0.1, 0.15) is 11.3 Å². The molecule has 28 heavy (non-hydrogen) atoms. The molecule has 0 unspecified atom stereocenters. The third kappa shape index (κ3) is 3.61. The Hall–Kier alpha value is -3.56. The average Bonchev–Trinajstić information content (AvgIpc) is 3.12. The molecule has 4 rings (SSSR count). The second-order valence-electron chi connectivity index (χ2n) is 6.18. The molecular weight excluding hydrogens is 374 g/mol. The van der Waals surface area contributed by atoms with E-state index in [1.54, 1.807) is 31.4 Å². The summed E-state index contributed by atoms with van der Waals surface area (Å²) in [5.74, 6) is 1.23. The smallest absolute Gasteiger partial charge is 0.229 e. The minimum Gasteiger partial charge on any atom is -0.497 e. The van der Waals surface area contributed by atoms with E-state index in [4.69, 9.17) is 21.6 Å². The first-order valence-electron chi connectivity index (χ1n) is 8.59. The highest BCUT2D eigenvalue weighted by atomic mass is 35.5. The third-order valence-corrected chi connectivity index (χ3v) is 4.61. The van der Waals surface area contributed by atoms with Gasteiger partial charge in [-0.05, 0) is 48.0 Å². The van der Waals surface area contributed by atoms with Crippen LogP contribution in [0.15, 0.2) is 60.8 Å². The maximum absolute atomic E-state index is 8.89. The van der Waals surface area contributed by atoms with Crippen molar-refractivity contribution in [1.82, 2.24) is 14.5 Å². The predicted molar refractivity (Wildman–Crippen MR) is 109 cm³/mol. The van der Waals surface area contributed by atoms with E-state index in [0.29, 0.717) is 23.2 Å². The fraction of sp³-hybridized carbons (Fsp3) is 0.0952. The molecule has 0 atom stereocenters. The number of rotatable bonds is 5. The lowest BCUT2D eigenvalue weighted by molar-refractivity contribution is 0.414. The van der Waals surface area contributed by atoms with E-state index >= 15 is 0 Å². The number of methoxy groups -OCH3 is 1. The van der Waals surface area contributed by atoms with Crippen molar-refractivity contribution in [2.45, 2.75) is 6.54 Å². The Labute approximate surface area is 167 Å². The fourth-order valence-electron chi connectivity index (χ4n) is 2.93. The van der Waals surface area contributed by atoms with Gasteiger partial charge in [-0.1, -0.05) is 23.7 Å². The highest BCUT2D eigenvalue weighted by molar-refractivity contribution is 6.33. The van der Waals surface area contributed by atoms with Gasteiger partial charge in [0.2, 0.25) is 5.95 Å². The molecule has 2 aromatic heterocycles. The van der Waals surface area contributed by atoms with Crippen molar-refractivity contribution in [1.29, 1.82) is 5.26 Å². The average molecular weight is 390 g/mol. The summed E-state index contributed by atoms with van der Waals surface area (Å²) in [6.45, 7) is 0.652. The maximum Gasteiger partial charge on any atom is 0.229 e. The Bertz CT molecular complexity index is 1160. The van der Waals surface area contributed by atoms with Gasteiger partial charge in [0.05, 0.1) is 24.3 Å². The SMILES string of the molecule is COc1ccc(Cn2ccc3nc(Nc4ccc(C#N)cc4)nc(Cl)c32)cc1. The van der Waals surface area contributed by atoms with Crippen LogP contribution >= 0.6 is 11.6 Å². The van der Waals surface area contributed by atoms with Crippen molar-refractivity contribution in [3.8, 4) is 11.8 Å². The molecule has 0 bridgehead atoms. The Balaban J connectivity index is 1.60. The van der Waals surface area contributed by atoms with Crippen LogP contribution in [-0.4, -0.2) is 21.6 Å². The van der Waals surface area contributed by atoms with Crippen LogP contribution in [0.5, 0.6) is 5.75 Å². The minimum atomic E-state index is 0.375. The largest absolute Gasteiger partial charge is 0.497 e. The van der Waals surface area contributed by atoms with Crippen LogP contribution in [0.4, 0.5) is 11.6 Å². The van der Waals surface area contributed by atoms with E-state index in [9.17, 15) is 0 Å². The van der Waals surface area contributed by atoms with Crippen LogP contribution in [0.25, 0.3) is 11.0 Å². The zero-order chi connectivity index (χ0) is 19.5. The van der Waals surface area contributed by atoms with Gasteiger partial charge >= 0.3 is 0 Å². The summed E-state index contributed by atoms with van der Waals surface area (Å²) in [7, 11) is 1.65. The summed E-state index contributed by atoms with van der Waals surface area (Å²) in [5.41, 5.74) is 4.03. The van der Waals surface area contributed by atoms with Crippen LogP contribution in [0.3, 0.4) is 0 Å². The van der Waals surface area contributed by atoms with E-state index in [1.165, 1.54) is 0 Å². The lowest BCUT2D eigenvalue weighted by Gasteiger charge is -2.09. The molecule has 4 aromatic rings. The summed E-state index contributed by atoms with van der Waals surface area (Å²) in [6, 6.07) is 19.0. The predicted octanol–water partition coefficient (Wildman–Crippen LogP) is 4.76. The lowest BCUT2D eigenvalue weighted by atomic mass is 10.2. The highest BCUT2D eigenvalue weighted by Gasteiger charge is 2.11. The molecule has 0 spiro atoms. The zero-order valence-electron chi connectivity index (χ0n) is 15.1. The van der Waals surface area contributed by atoms with Crippen LogP contribution in [-0.2, 0) is 6.54 Å². The minimum absolute atomic E-state index is 0.375. The van der Waals surface area contributed by atoms with Crippen molar-refractivity contribution in [2.24, 2.45) is 0 Å². The van der Waals surface area contributed by atoms with E-state index in [2.05, 4.69) is 21.4 Å². The molecule has 0 aliphatic rings. The molecule has 0 radical (unpaired) electrons. The summed E-state index contributed by atoms with van der Waals surface area (Å²) in [5, 5.41) is 12.4. The van der Waals surface area contributed by atoms with Crippen LogP contribution in [0.2, 0.25) is 5.15 Å². The van der Waals surface area contributed by atoms with Crippen molar-refractivity contribution >= 4 is 34.3 Å². The number of fused-ring (bicyclic) bond motifs is 1. The molecule has 138 valence electrons.